The maximum absolute atomic E-state index is 10.7. The summed E-state index contributed by atoms with van der Waals surface area (Å²) in [5, 5.41) is 2.66. The van der Waals surface area contributed by atoms with E-state index in [9.17, 15) is 4.79 Å². The Labute approximate surface area is 59.0 Å². The van der Waals surface area contributed by atoms with Crippen molar-refractivity contribution < 1.29 is 4.79 Å². The standard InChI is InChI=1S/C5H8N2OS/c1-3-6-4(8)5(9)7(3)2/h3H,1-2H3,(H,6,8). The molecule has 50 valence electrons. The summed E-state index contributed by atoms with van der Waals surface area (Å²) in [5.74, 6) is -0.139. The molecule has 1 unspecified atom stereocenters. The number of amides is 1. The van der Waals surface area contributed by atoms with E-state index in [2.05, 4.69) is 5.32 Å². The minimum absolute atomic E-state index is 0.0602. The lowest BCUT2D eigenvalue weighted by molar-refractivity contribution is -0.114. The van der Waals surface area contributed by atoms with Gasteiger partial charge in [-0.05, 0) is 6.92 Å². The third-order valence-corrected chi connectivity index (χ3v) is 1.91. The largest absolute Gasteiger partial charge is 0.341 e. The van der Waals surface area contributed by atoms with Gasteiger partial charge in [-0.3, -0.25) is 4.79 Å². The second-order valence-corrected chi connectivity index (χ2v) is 2.45. The smallest absolute Gasteiger partial charge is 0.280 e. The highest BCUT2D eigenvalue weighted by Crippen LogP contribution is 2.02. The van der Waals surface area contributed by atoms with Crippen LogP contribution in [0.4, 0.5) is 0 Å². The second-order valence-electron chi connectivity index (χ2n) is 2.07. The van der Waals surface area contributed by atoms with Crippen molar-refractivity contribution in [1.29, 1.82) is 0 Å². The molecule has 0 aromatic heterocycles. The number of likely N-dealkylation sites (N-methyl/N-ethyl adjacent to an activating group) is 1. The van der Waals surface area contributed by atoms with Crippen molar-refractivity contribution in [3.63, 3.8) is 0 Å². The lowest BCUT2D eigenvalue weighted by atomic mass is 10.5. The average molecular weight is 144 g/mol. The van der Waals surface area contributed by atoms with Crippen LogP contribution in [0.5, 0.6) is 0 Å². The Bertz CT molecular complexity index is 168. The van der Waals surface area contributed by atoms with Crippen LogP contribution < -0.4 is 5.32 Å². The zero-order valence-corrected chi connectivity index (χ0v) is 6.16. The Kier molecular flexibility index (Phi) is 1.40. The molecule has 1 aliphatic heterocycles. The first kappa shape index (κ1) is 6.48. The first-order valence-electron chi connectivity index (χ1n) is 2.70. The minimum Gasteiger partial charge on any atom is -0.341 e. The Balaban J connectivity index is 2.77. The van der Waals surface area contributed by atoms with E-state index in [-0.39, 0.29) is 12.1 Å². The van der Waals surface area contributed by atoms with Crippen molar-refractivity contribution in [3.8, 4) is 0 Å². The van der Waals surface area contributed by atoms with Crippen LogP contribution in [-0.2, 0) is 4.79 Å². The predicted octanol–water partition coefficient (Wildman–Crippen LogP) is -0.279. The first-order chi connectivity index (χ1) is 4.13. The van der Waals surface area contributed by atoms with Crippen molar-refractivity contribution in [2.75, 3.05) is 7.05 Å². The summed E-state index contributed by atoms with van der Waals surface area (Å²) in [6, 6.07) is 0. The van der Waals surface area contributed by atoms with Crippen molar-refractivity contribution >= 4 is 23.1 Å². The van der Waals surface area contributed by atoms with Gasteiger partial charge in [0.05, 0.1) is 6.17 Å². The molecule has 0 aliphatic carbocycles. The summed E-state index contributed by atoms with van der Waals surface area (Å²) < 4.78 is 0. The summed E-state index contributed by atoms with van der Waals surface area (Å²) >= 11 is 4.76. The Morgan fingerprint density at radius 1 is 1.78 bits per heavy atom. The molecule has 1 atom stereocenters. The fourth-order valence-electron chi connectivity index (χ4n) is 0.684. The van der Waals surface area contributed by atoms with Crippen LogP contribution in [-0.4, -0.2) is 29.0 Å². The van der Waals surface area contributed by atoms with Crippen LogP contribution in [0.1, 0.15) is 6.92 Å². The van der Waals surface area contributed by atoms with Crippen LogP contribution in [0.15, 0.2) is 0 Å². The molecule has 3 nitrogen and oxygen atoms in total. The van der Waals surface area contributed by atoms with Crippen LogP contribution >= 0.6 is 12.2 Å². The number of carbonyl (C=O) groups is 1. The lowest BCUT2D eigenvalue weighted by Crippen LogP contribution is -2.30. The number of hydrogen-bond acceptors (Lipinski definition) is 2. The van der Waals surface area contributed by atoms with E-state index < -0.39 is 0 Å². The fourth-order valence-corrected chi connectivity index (χ4v) is 0.901. The van der Waals surface area contributed by atoms with Crippen LogP contribution in [0.25, 0.3) is 0 Å². The molecule has 0 aromatic carbocycles. The molecule has 0 bridgehead atoms. The van der Waals surface area contributed by atoms with E-state index in [1.54, 1.807) is 11.9 Å². The topological polar surface area (TPSA) is 32.3 Å². The van der Waals surface area contributed by atoms with Gasteiger partial charge in [-0.25, -0.2) is 0 Å². The third-order valence-electron chi connectivity index (χ3n) is 1.44. The molecule has 1 rings (SSSR count). The average Bonchev–Trinajstić information content (AvgIpc) is 1.98. The summed E-state index contributed by atoms with van der Waals surface area (Å²) in [6.45, 7) is 1.89. The number of thiocarbonyl (C=S) groups is 1. The van der Waals surface area contributed by atoms with Gasteiger partial charge in [0.1, 0.15) is 0 Å². The number of carbonyl (C=O) groups excluding carboxylic acids is 1. The zero-order valence-electron chi connectivity index (χ0n) is 5.34. The second kappa shape index (κ2) is 1.95. The number of nitrogens with one attached hydrogen (secondary N) is 1. The van der Waals surface area contributed by atoms with Crippen molar-refractivity contribution in [3.05, 3.63) is 0 Å². The molecule has 4 heteroatoms. The summed E-state index contributed by atoms with van der Waals surface area (Å²) in [6.07, 6.45) is 0.0602. The molecule has 1 heterocycles. The quantitative estimate of drug-likeness (QED) is 0.475. The molecule has 1 saturated heterocycles. The molecule has 9 heavy (non-hydrogen) atoms. The molecular weight excluding hydrogens is 136 g/mol. The first-order valence-corrected chi connectivity index (χ1v) is 3.11. The van der Waals surface area contributed by atoms with Gasteiger partial charge >= 0.3 is 0 Å². The third kappa shape index (κ3) is 0.896. The lowest BCUT2D eigenvalue weighted by Gasteiger charge is -2.13. The summed E-state index contributed by atoms with van der Waals surface area (Å²) in [5.41, 5.74) is 0. The molecule has 0 saturated carbocycles. The monoisotopic (exact) mass is 144 g/mol. The number of hydrogen-bond donors (Lipinski definition) is 1. The fraction of sp³-hybridized carbons (Fsp3) is 0.600. The highest BCUT2D eigenvalue weighted by molar-refractivity contribution is 7.82. The maximum Gasteiger partial charge on any atom is 0.280 e. The van der Waals surface area contributed by atoms with Gasteiger partial charge in [-0.2, -0.15) is 0 Å². The highest BCUT2D eigenvalue weighted by atomic mass is 32.1. The van der Waals surface area contributed by atoms with Gasteiger partial charge < -0.3 is 10.2 Å². The number of nitrogens with zero attached hydrogens (tertiary/aromatic N) is 1. The van der Waals surface area contributed by atoms with E-state index in [1.807, 2.05) is 6.92 Å². The molecule has 0 aromatic rings. The predicted molar refractivity (Wildman–Crippen MR) is 38.0 cm³/mol. The minimum atomic E-state index is -0.139. The van der Waals surface area contributed by atoms with Crippen molar-refractivity contribution in [2.24, 2.45) is 0 Å². The SMILES string of the molecule is CC1NC(=O)C(=S)N1C. The van der Waals surface area contributed by atoms with E-state index >= 15 is 0 Å². The molecular formula is C5H8N2OS. The maximum atomic E-state index is 10.7. The molecule has 1 aliphatic rings. The molecule has 1 amide bonds. The molecule has 0 radical (unpaired) electrons. The van der Waals surface area contributed by atoms with Gasteiger partial charge in [-0.15, -0.1) is 0 Å². The Hall–Kier alpha value is -0.640. The molecule has 1 N–H and O–H groups in total. The van der Waals surface area contributed by atoms with E-state index in [1.165, 1.54) is 0 Å². The normalized spacial score (nSPS) is 26.9. The van der Waals surface area contributed by atoms with Crippen LogP contribution in [0.2, 0.25) is 0 Å². The van der Waals surface area contributed by atoms with Gasteiger partial charge in [0, 0.05) is 7.05 Å². The summed E-state index contributed by atoms with van der Waals surface area (Å²) in [7, 11) is 1.80. The summed E-state index contributed by atoms with van der Waals surface area (Å²) in [4.78, 5) is 12.8. The van der Waals surface area contributed by atoms with Crippen molar-refractivity contribution in [2.45, 2.75) is 13.1 Å². The van der Waals surface area contributed by atoms with Crippen LogP contribution in [0.3, 0.4) is 0 Å². The Morgan fingerprint density at radius 3 is 2.44 bits per heavy atom. The van der Waals surface area contributed by atoms with E-state index in [4.69, 9.17) is 12.2 Å². The van der Waals surface area contributed by atoms with Gasteiger partial charge in [0.2, 0.25) is 0 Å². The van der Waals surface area contributed by atoms with E-state index in [0.717, 1.165) is 0 Å². The van der Waals surface area contributed by atoms with Gasteiger partial charge in [0.15, 0.2) is 4.99 Å². The zero-order chi connectivity index (χ0) is 7.02. The number of rotatable bonds is 0. The van der Waals surface area contributed by atoms with Crippen LogP contribution in [0, 0.1) is 0 Å². The van der Waals surface area contributed by atoms with Gasteiger partial charge in [-0.1, -0.05) is 12.2 Å². The Morgan fingerprint density at radius 2 is 2.33 bits per heavy atom. The molecule has 0 spiro atoms. The molecule has 1 fully saturated rings. The van der Waals surface area contributed by atoms with Crippen molar-refractivity contribution in [1.82, 2.24) is 10.2 Å². The highest BCUT2D eigenvalue weighted by Gasteiger charge is 2.27. The van der Waals surface area contributed by atoms with E-state index in [0.29, 0.717) is 4.99 Å². The van der Waals surface area contributed by atoms with Gasteiger partial charge in [0.25, 0.3) is 5.91 Å².